The summed E-state index contributed by atoms with van der Waals surface area (Å²) in [5.74, 6) is -1.54. The fraction of sp³-hybridized carbons (Fsp3) is 0.200. The summed E-state index contributed by atoms with van der Waals surface area (Å²) in [7, 11) is 0. The lowest BCUT2D eigenvalue weighted by Gasteiger charge is -2.16. The van der Waals surface area contributed by atoms with Crippen LogP contribution in [0.1, 0.15) is 39.0 Å². The minimum absolute atomic E-state index is 0.000651. The zero-order chi connectivity index (χ0) is 24.5. The molecule has 0 fully saturated rings. The van der Waals surface area contributed by atoms with E-state index < -0.39 is 29.4 Å². The van der Waals surface area contributed by atoms with Crippen molar-refractivity contribution in [1.29, 1.82) is 0 Å². The van der Waals surface area contributed by atoms with Crippen LogP contribution in [0.3, 0.4) is 0 Å². The molecule has 0 radical (unpaired) electrons. The maximum Gasteiger partial charge on any atom is 0.435 e. The molecule has 0 spiro atoms. The second kappa shape index (κ2) is 9.97. The number of aryl methyl sites for hydroxylation is 1. The zero-order valence-electron chi connectivity index (χ0n) is 17.0. The van der Waals surface area contributed by atoms with Crippen molar-refractivity contribution in [3.63, 3.8) is 0 Å². The molecular formula is C20H15BrClF3IN5O2. The first-order chi connectivity index (χ1) is 15.4. The number of pyridine rings is 1. The van der Waals surface area contributed by atoms with Crippen molar-refractivity contribution in [3.05, 3.63) is 68.5 Å². The van der Waals surface area contributed by atoms with Crippen LogP contribution >= 0.6 is 50.1 Å². The number of alkyl halides is 4. The van der Waals surface area contributed by atoms with Gasteiger partial charge in [0.25, 0.3) is 11.8 Å². The Morgan fingerprint density at radius 2 is 1.94 bits per heavy atom. The molecule has 1 unspecified atom stereocenters. The van der Waals surface area contributed by atoms with Crippen LogP contribution in [-0.2, 0) is 6.18 Å². The lowest BCUT2D eigenvalue weighted by atomic mass is 10.1. The molecule has 2 heterocycles. The molecule has 0 aliphatic carbocycles. The van der Waals surface area contributed by atoms with Crippen molar-refractivity contribution in [2.45, 2.75) is 24.1 Å². The van der Waals surface area contributed by atoms with E-state index in [-0.39, 0.29) is 26.1 Å². The Hall–Kier alpha value is -2.19. The average Bonchev–Trinajstić information content (AvgIpc) is 3.15. The molecule has 0 saturated carbocycles. The van der Waals surface area contributed by atoms with E-state index in [1.807, 2.05) is 22.6 Å². The van der Waals surface area contributed by atoms with Gasteiger partial charge >= 0.3 is 6.18 Å². The van der Waals surface area contributed by atoms with Crippen molar-refractivity contribution in [2.24, 2.45) is 0 Å². The number of halogens is 6. The van der Waals surface area contributed by atoms with Crippen LogP contribution in [0.5, 0.6) is 0 Å². The van der Waals surface area contributed by atoms with E-state index >= 15 is 0 Å². The second-order valence-corrected chi connectivity index (χ2v) is 10.0. The Morgan fingerprint density at radius 3 is 2.55 bits per heavy atom. The molecule has 174 valence electrons. The van der Waals surface area contributed by atoms with Gasteiger partial charge in [0, 0.05) is 16.7 Å². The topological polar surface area (TPSA) is 88.9 Å². The number of amides is 2. The summed E-state index contributed by atoms with van der Waals surface area (Å²) in [6.45, 7) is 3.41. The highest BCUT2D eigenvalue weighted by Crippen LogP contribution is 2.32. The molecular weight excluding hydrogens is 642 g/mol. The molecule has 13 heteroatoms. The SMILES string of the molecule is Cc1cc(Br)cc(C(=O)NC(C)I)c1NC(=O)c1cc(C(F)(F)F)nn1-c1ncccc1Cl. The minimum Gasteiger partial charge on any atom is -0.341 e. The molecule has 3 rings (SSSR count). The summed E-state index contributed by atoms with van der Waals surface area (Å²) in [4.78, 5) is 29.8. The quantitative estimate of drug-likeness (QED) is 0.207. The second-order valence-electron chi connectivity index (χ2n) is 6.82. The number of aromatic nitrogens is 3. The van der Waals surface area contributed by atoms with Crippen LogP contribution in [0.4, 0.5) is 18.9 Å². The van der Waals surface area contributed by atoms with Crippen molar-refractivity contribution >= 4 is 67.6 Å². The average molecular weight is 657 g/mol. The number of nitrogens with one attached hydrogen (secondary N) is 2. The van der Waals surface area contributed by atoms with Gasteiger partial charge in [-0.25, -0.2) is 9.67 Å². The van der Waals surface area contributed by atoms with E-state index in [0.717, 1.165) is 4.68 Å². The highest BCUT2D eigenvalue weighted by atomic mass is 127. The molecule has 2 amide bonds. The van der Waals surface area contributed by atoms with Gasteiger partial charge in [-0.2, -0.15) is 18.3 Å². The van der Waals surface area contributed by atoms with Crippen molar-refractivity contribution in [1.82, 2.24) is 20.1 Å². The lowest BCUT2D eigenvalue weighted by Crippen LogP contribution is -2.29. The smallest absolute Gasteiger partial charge is 0.341 e. The fourth-order valence-corrected chi connectivity index (χ4v) is 3.96. The number of benzene rings is 1. The fourth-order valence-electron chi connectivity index (χ4n) is 2.90. The Balaban J connectivity index is 2.10. The number of carbonyl (C=O) groups is 2. The third-order valence-electron chi connectivity index (χ3n) is 4.29. The zero-order valence-corrected chi connectivity index (χ0v) is 21.5. The Labute approximate surface area is 213 Å². The number of hydrogen-bond acceptors (Lipinski definition) is 4. The van der Waals surface area contributed by atoms with Gasteiger partial charge in [-0.1, -0.05) is 50.1 Å². The van der Waals surface area contributed by atoms with Crippen molar-refractivity contribution in [2.75, 3.05) is 5.32 Å². The van der Waals surface area contributed by atoms with E-state index in [1.54, 1.807) is 19.9 Å². The van der Waals surface area contributed by atoms with Crippen LogP contribution in [-0.4, -0.2) is 30.6 Å². The molecule has 2 N–H and O–H groups in total. The molecule has 0 saturated heterocycles. The maximum absolute atomic E-state index is 13.4. The summed E-state index contributed by atoms with van der Waals surface area (Å²) in [6, 6.07) is 6.66. The van der Waals surface area contributed by atoms with E-state index in [9.17, 15) is 22.8 Å². The minimum atomic E-state index is -4.81. The molecule has 7 nitrogen and oxygen atoms in total. The van der Waals surface area contributed by atoms with Gasteiger partial charge in [-0.15, -0.1) is 0 Å². The van der Waals surface area contributed by atoms with E-state index in [0.29, 0.717) is 16.1 Å². The molecule has 1 atom stereocenters. The first-order valence-electron chi connectivity index (χ1n) is 9.23. The molecule has 33 heavy (non-hydrogen) atoms. The number of rotatable bonds is 5. The molecule has 0 aliphatic heterocycles. The first-order valence-corrected chi connectivity index (χ1v) is 11.6. The number of carbonyl (C=O) groups excluding carboxylic acids is 2. The third-order valence-corrected chi connectivity index (χ3v) is 5.35. The summed E-state index contributed by atoms with van der Waals surface area (Å²) in [5, 5.41) is 8.77. The summed E-state index contributed by atoms with van der Waals surface area (Å²) in [6.07, 6.45) is -3.50. The van der Waals surface area contributed by atoms with Gasteiger partial charge in [-0.05, 0) is 43.7 Å². The third kappa shape index (κ3) is 5.84. The van der Waals surface area contributed by atoms with Gasteiger partial charge in [0.2, 0.25) is 0 Å². The normalized spacial score (nSPS) is 12.4. The van der Waals surface area contributed by atoms with Crippen LogP contribution in [0, 0.1) is 6.92 Å². The van der Waals surface area contributed by atoms with Crippen LogP contribution in [0.15, 0.2) is 41.0 Å². The van der Waals surface area contributed by atoms with E-state index in [1.165, 1.54) is 24.4 Å². The molecule has 0 aliphatic rings. The van der Waals surface area contributed by atoms with Crippen LogP contribution in [0.25, 0.3) is 5.82 Å². The molecule has 0 bridgehead atoms. The Morgan fingerprint density at radius 1 is 1.24 bits per heavy atom. The van der Waals surface area contributed by atoms with Crippen molar-refractivity contribution in [3.8, 4) is 5.82 Å². The Kier molecular flexibility index (Phi) is 7.69. The van der Waals surface area contributed by atoms with Crippen LogP contribution < -0.4 is 10.6 Å². The predicted octanol–water partition coefficient (Wildman–Crippen LogP) is 5.77. The van der Waals surface area contributed by atoms with Gasteiger partial charge in [-0.3, -0.25) is 9.59 Å². The van der Waals surface area contributed by atoms with Gasteiger partial charge in [0.15, 0.2) is 11.5 Å². The first kappa shape index (κ1) is 25.4. The molecule has 1 aromatic carbocycles. The summed E-state index contributed by atoms with van der Waals surface area (Å²) in [5.41, 5.74) is -0.956. The van der Waals surface area contributed by atoms with E-state index in [4.69, 9.17) is 11.6 Å². The predicted molar refractivity (Wildman–Crippen MR) is 129 cm³/mol. The van der Waals surface area contributed by atoms with Crippen LogP contribution in [0.2, 0.25) is 5.02 Å². The Bertz CT molecular complexity index is 1230. The van der Waals surface area contributed by atoms with Crippen molar-refractivity contribution < 1.29 is 22.8 Å². The van der Waals surface area contributed by atoms with Gasteiger partial charge in [0.05, 0.1) is 20.3 Å². The van der Waals surface area contributed by atoms with Gasteiger partial charge < -0.3 is 10.6 Å². The molecule has 3 aromatic rings. The molecule has 2 aromatic heterocycles. The number of hydrogen-bond donors (Lipinski definition) is 2. The standard InChI is InChI=1S/C20H15BrClF3IN5O2/c1-9-6-11(21)7-12(18(32)28-10(2)26)16(9)29-19(33)14-8-15(20(23,24)25)30-31(14)17-13(22)4-3-5-27-17/h3-8,10H,1-2H3,(H,28,32)(H,29,33). The largest absolute Gasteiger partial charge is 0.435 e. The monoisotopic (exact) mass is 655 g/mol. The number of nitrogens with zero attached hydrogens (tertiary/aromatic N) is 3. The lowest BCUT2D eigenvalue weighted by molar-refractivity contribution is -0.141. The van der Waals surface area contributed by atoms with E-state index in [2.05, 4.69) is 36.6 Å². The van der Waals surface area contributed by atoms with Gasteiger partial charge in [0.1, 0.15) is 5.69 Å². The number of anilines is 1. The highest BCUT2D eigenvalue weighted by Gasteiger charge is 2.36. The summed E-state index contributed by atoms with van der Waals surface area (Å²) >= 11 is 11.4. The maximum atomic E-state index is 13.4. The highest BCUT2D eigenvalue weighted by molar-refractivity contribution is 14.1. The summed E-state index contributed by atoms with van der Waals surface area (Å²) < 4.78 is 41.2.